The Kier molecular flexibility index (Phi) is 6.73. The first kappa shape index (κ1) is 21.4. The van der Waals surface area contributed by atoms with E-state index in [2.05, 4.69) is 10.3 Å². The summed E-state index contributed by atoms with van der Waals surface area (Å²) in [6.45, 7) is 1.71. The monoisotopic (exact) mass is 430 g/mol. The van der Waals surface area contributed by atoms with Crippen LogP contribution in [0.4, 0.5) is 10.1 Å². The second kappa shape index (κ2) is 9.45. The number of aliphatic imine (C=N–C) groups is 1. The molecule has 0 bridgehead atoms. The van der Waals surface area contributed by atoms with Crippen LogP contribution in [0.5, 0.6) is 11.5 Å². The number of carbonyl (C=O) groups excluding carboxylic acids is 1. The lowest BCUT2D eigenvalue weighted by Gasteiger charge is -2.16. The summed E-state index contributed by atoms with van der Waals surface area (Å²) >= 11 is 1.09. The maximum absolute atomic E-state index is 13.8. The summed E-state index contributed by atoms with van der Waals surface area (Å²) in [5.74, 6) is -1.27. The lowest BCUT2D eigenvalue weighted by atomic mass is 10.1. The van der Waals surface area contributed by atoms with E-state index in [1.807, 2.05) is 0 Å². The van der Waals surface area contributed by atoms with Crippen LogP contribution in [0.2, 0.25) is 0 Å². The van der Waals surface area contributed by atoms with Gasteiger partial charge in [0.25, 0.3) is 5.91 Å². The molecule has 9 heteroatoms. The van der Waals surface area contributed by atoms with E-state index in [4.69, 9.17) is 14.6 Å². The number of thioether (sulfide) groups is 1. The molecule has 1 saturated heterocycles. The van der Waals surface area contributed by atoms with Gasteiger partial charge in [-0.2, -0.15) is 0 Å². The largest absolute Gasteiger partial charge is 0.493 e. The van der Waals surface area contributed by atoms with Crippen LogP contribution in [0.1, 0.15) is 18.9 Å². The first-order chi connectivity index (χ1) is 14.4. The number of carboxylic acid groups (broad SMARTS) is 1. The molecule has 156 valence electrons. The maximum Gasteiger partial charge on any atom is 0.344 e. The van der Waals surface area contributed by atoms with Crippen molar-refractivity contribution in [2.45, 2.75) is 19.4 Å². The van der Waals surface area contributed by atoms with Crippen LogP contribution in [0, 0.1) is 5.82 Å². The number of ether oxygens (including phenoxy) is 2. The zero-order chi connectivity index (χ0) is 21.7. The van der Waals surface area contributed by atoms with Crippen molar-refractivity contribution in [3.05, 3.63) is 58.8 Å². The highest BCUT2D eigenvalue weighted by Gasteiger charge is 2.24. The third kappa shape index (κ3) is 4.98. The second-order valence-corrected chi connectivity index (χ2v) is 7.23. The van der Waals surface area contributed by atoms with Crippen LogP contribution >= 0.6 is 11.8 Å². The van der Waals surface area contributed by atoms with Gasteiger partial charge in [0.15, 0.2) is 22.8 Å². The molecule has 1 aliphatic rings. The molecule has 30 heavy (non-hydrogen) atoms. The van der Waals surface area contributed by atoms with E-state index < -0.39 is 17.9 Å². The number of nitrogens with one attached hydrogen (secondary N) is 1. The molecule has 2 N–H and O–H groups in total. The molecule has 1 heterocycles. The molecule has 2 aromatic carbocycles. The summed E-state index contributed by atoms with van der Waals surface area (Å²) in [5.41, 5.74) is 0.779. The Hall–Kier alpha value is -3.33. The Bertz CT molecular complexity index is 1040. The van der Waals surface area contributed by atoms with E-state index in [1.54, 1.807) is 43.3 Å². The smallest absolute Gasteiger partial charge is 0.344 e. The van der Waals surface area contributed by atoms with Crippen molar-refractivity contribution in [2.24, 2.45) is 4.99 Å². The average Bonchev–Trinajstić information content (AvgIpc) is 3.07. The van der Waals surface area contributed by atoms with E-state index in [0.717, 1.165) is 11.8 Å². The van der Waals surface area contributed by atoms with E-state index in [9.17, 15) is 14.0 Å². The molecule has 1 unspecified atom stereocenters. The van der Waals surface area contributed by atoms with Crippen LogP contribution in [-0.4, -0.2) is 35.4 Å². The van der Waals surface area contributed by atoms with Gasteiger partial charge < -0.3 is 19.9 Å². The highest BCUT2D eigenvalue weighted by Crippen LogP contribution is 2.33. The number of carboxylic acids is 1. The molecule has 1 fully saturated rings. The van der Waals surface area contributed by atoms with Gasteiger partial charge in [-0.15, -0.1) is 0 Å². The van der Waals surface area contributed by atoms with Gasteiger partial charge in [0.1, 0.15) is 11.5 Å². The molecular formula is C21H19FN2O5S. The lowest BCUT2D eigenvalue weighted by molar-refractivity contribution is -0.145. The highest BCUT2D eigenvalue weighted by molar-refractivity contribution is 8.18. The van der Waals surface area contributed by atoms with Gasteiger partial charge in [-0.05, 0) is 54.1 Å². The predicted molar refractivity (Wildman–Crippen MR) is 113 cm³/mol. The molecule has 3 rings (SSSR count). The van der Waals surface area contributed by atoms with Gasteiger partial charge in [0, 0.05) is 0 Å². The number of aliphatic carboxylic acids is 1. The van der Waals surface area contributed by atoms with Gasteiger partial charge in [-0.25, -0.2) is 14.2 Å². The summed E-state index contributed by atoms with van der Waals surface area (Å²) in [6.07, 6.45) is 0.937. The Morgan fingerprint density at radius 1 is 1.30 bits per heavy atom. The number of rotatable bonds is 7. The summed E-state index contributed by atoms with van der Waals surface area (Å²) in [6, 6.07) is 10.9. The minimum Gasteiger partial charge on any atom is -0.493 e. The number of carbonyl (C=O) groups is 2. The number of halogens is 1. The number of methoxy groups -OCH3 is 1. The van der Waals surface area contributed by atoms with Crippen LogP contribution in [-0.2, 0) is 9.59 Å². The summed E-state index contributed by atoms with van der Waals surface area (Å²) in [4.78, 5) is 28.0. The van der Waals surface area contributed by atoms with Gasteiger partial charge in [-0.3, -0.25) is 4.79 Å². The second-order valence-electron chi connectivity index (χ2n) is 6.20. The van der Waals surface area contributed by atoms with E-state index in [1.165, 1.54) is 19.2 Å². The number of para-hydroxylation sites is 1. The first-order valence-electron chi connectivity index (χ1n) is 9.03. The fourth-order valence-electron chi connectivity index (χ4n) is 2.62. The number of hydrogen-bond donors (Lipinski definition) is 2. The summed E-state index contributed by atoms with van der Waals surface area (Å²) in [5, 5.41) is 12.0. The fraction of sp³-hybridized carbons (Fsp3) is 0.190. The molecule has 0 radical (unpaired) electrons. The molecule has 1 atom stereocenters. The molecule has 0 aliphatic carbocycles. The number of hydrogen-bond acceptors (Lipinski definition) is 6. The quantitative estimate of drug-likeness (QED) is 0.645. The molecule has 1 amide bonds. The zero-order valence-electron chi connectivity index (χ0n) is 16.2. The van der Waals surface area contributed by atoms with Crippen LogP contribution < -0.4 is 14.8 Å². The Labute approximate surface area is 176 Å². The minimum absolute atomic E-state index is 0.133. The fourth-order valence-corrected chi connectivity index (χ4v) is 3.45. The van der Waals surface area contributed by atoms with Crippen molar-refractivity contribution >= 4 is 40.6 Å². The molecule has 0 aromatic heterocycles. The minimum atomic E-state index is -1.06. The Balaban J connectivity index is 1.82. The first-order valence-corrected chi connectivity index (χ1v) is 9.84. The number of amides is 1. The Morgan fingerprint density at radius 3 is 2.73 bits per heavy atom. The van der Waals surface area contributed by atoms with Crippen molar-refractivity contribution in [1.29, 1.82) is 0 Å². The van der Waals surface area contributed by atoms with Crippen LogP contribution in [0.3, 0.4) is 0 Å². The van der Waals surface area contributed by atoms with Gasteiger partial charge in [-0.1, -0.05) is 25.1 Å². The van der Waals surface area contributed by atoms with Crippen molar-refractivity contribution in [2.75, 3.05) is 7.11 Å². The average molecular weight is 430 g/mol. The number of benzene rings is 2. The summed E-state index contributed by atoms with van der Waals surface area (Å²) < 4.78 is 24.6. The van der Waals surface area contributed by atoms with E-state index in [0.29, 0.717) is 28.4 Å². The van der Waals surface area contributed by atoms with Gasteiger partial charge in [0.05, 0.1) is 12.0 Å². The third-order valence-electron chi connectivity index (χ3n) is 4.13. The maximum atomic E-state index is 13.8. The molecular weight excluding hydrogens is 411 g/mol. The van der Waals surface area contributed by atoms with Crippen molar-refractivity contribution in [1.82, 2.24) is 5.32 Å². The Morgan fingerprint density at radius 2 is 2.07 bits per heavy atom. The summed E-state index contributed by atoms with van der Waals surface area (Å²) in [7, 11) is 1.44. The van der Waals surface area contributed by atoms with Crippen molar-refractivity contribution < 1.29 is 28.6 Å². The standard InChI is InChI=1S/C21H19FN2O5S/c1-3-15(20(26)27)29-16-9-8-12(10-17(16)28-2)11-18-19(25)24-21(30-18)23-14-7-5-4-6-13(14)22/h4-11,15H,3H2,1-2H3,(H,26,27)(H,23,24,25)/b18-11+. The van der Waals surface area contributed by atoms with Gasteiger partial charge >= 0.3 is 5.97 Å². The predicted octanol–water partition coefficient (Wildman–Crippen LogP) is 3.97. The molecule has 1 aliphatic heterocycles. The normalized spacial score (nSPS) is 17.1. The molecule has 0 saturated carbocycles. The molecule has 0 spiro atoms. The topological polar surface area (TPSA) is 97.2 Å². The van der Waals surface area contributed by atoms with Crippen LogP contribution in [0.15, 0.2) is 52.4 Å². The molecule has 7 nitrogen and oxygen atoms in total. The number of nitrogens with zero attached hydrogens (tertiary/aromatic N) is 1. The van der Waals surface area contributed by atoms with Crippen LogP contribution in [0.25, 0.3) is 6.08 Å². The SMILES string of the molecule is CCC(Oc1ccc(/C=C2/SC(=Nc3ccccc3F)NC2=O)cc1OC)C(=O)O. The highest BCUT2D eigenvalue weighted by atomic mass is 32.2. The van der Waals surface area contributed by atoms with Crippen molar-refractivity contribution in [3.8, 4) is 11.5 Å². The zero-order valence-corrected chi connectivity index (χ0v) is 17.0. The lowest BCUT2D eigenvalue weighted by Crippen LogP contribution is -2.26. The van der Waals surface area contributed by atoms with Gasteiger partial charge in [0.2, 0.25) is 0 Å². The third-order valence-corrected chi connectivity index (χ3v) is 5.04. The van der Waals surface area contributed by atoms with E-state index >= 15 is 0 Å². The molecule has 2 aromatic rings. The van der Waals surface area contributed by atoms with Crippen molar-refractivity contribution in [3.63, 3.8) is 0 Å². The number of amidine groups is 1. The van der Waals surface area contributed by atoms with E-state index in [-0.39, 0.29) is 16.8 Å².